The Morgan fingerprint density at radius 2 is 2.11 bits per heavy atom. The third kappa shape index (κ3) is 2.57. The molecule has 0 radical (unpaired) electrons. The Bertz CT molecular complexity index is 459. The fraction of sp³-hybridized carbons (Fsp3) is 0.500. The largest absolute Gasteiger partial charge is 0.377 e. The van der Waals surface area contributed by atoms with Gasteiger partial charge >= 0.3 is 0 Å². The topological polar surface area (TPSA) is 81.2 Å². The highest BCUT2D eigenvalue weighted by Crippen LogP contribution is 2.35. The summed E-state index contributed by atoms with van der Waals surface area (Å²) in [5.74, 6) is 0. The van der Waals surface area contributed by atoms with E-state index in [-0.39, 0.29) is 11.2 Å². The molecule has 0 aromatic heterocycles. The Morgan fingerprint density at radius 3 is 2.61 bits per heavy atom. The van der Waals surface area contributed by atoms with Crippen LogP contribution in [0.4, 0.5) is 11.4 Å². The molecule has 2 rings (SSSR count). The molecule has 0 atom stereocenters. The summed E-state index contributed by atoms with van der Waals surface area (Å²) in [6.07, 6.45) is 4.32. The van der Waals surface area contributed by atoms with E-state index in [0.717, 1.165) is 31.4 Å². The van der Waals surface area contributed by atoms with Gasteiger partial charge < -0.3 is 11.1 Å². The number of nitro benzene ring substituents is 1. The fourth-order valence-corrected chi connectivity index (χ4v) is 2.66. The van der Waals surface area contributed by atoms with Gasteiger partial charge in [0.1, 0.15) is 0 Å². The van der Waals surface area contributed by atoms with Crippen molar-refractivity contribution in [3.8, 4) is 0 Å². The third-order valence-corrected chi connectivity index (χ3v) is 3.83. The van der Waals surface area contributed by atoms with E-state index in [1.807, 2.05) is 0 Å². The molecule has 1 aromatic carbocycles. The molecule has 98 valence electrons. The van der Waals surface area contributed by atoms with Crippen LogP contribution in [0.2, 0.25) is 5.02 Å². The summed E-state index contributed by atoms with van der Waals surface area (Å²) in [5, 5.41) is 14.4. The lowest BCUT2D eigenvalue weighted by atomic mass is 9.97. The number of nitrogens with one attached hydrogen (secondary N) is 1. The first-order valence-electron chi connectivity index (χ1n) is 5.98. The van der Waals surface area contributed by atoms with Gasteiger partial charge in [0.25, 0.3) is 5.69 Å². The lowest BCUT2D eigenvalue weighted by molar-refractivity contribution is -0.384. The molecule has 1 saturated carbocycles. The average Bonchev–Trinajstić information content (AvgIpc) is 2.81. The van der Waals surface area contributed by atoms with Crippen molar-refractivity contribution < 1.29 is 4.92 Å². The van der Waals surface area contributed by atoms with Crippen molar-refractivity contribution in [1.29, 1.82) is 0 Å². The predicted octanol–water partition coefficient (Wildman–Crippen LogP) is 2.93. The van der Waals surface area contributed by atoms with Crippen LogP contribution in [0.1, 0.15) is 25.7 Å². The Balaban J connectivity index is 2.21. The van der Waals surface area contributed by atoms with Gasteiger partial charge in [-0.25, -0.2) is 0 Å². The second-order valence-electron chi connectivity index (χ2n) is 4.74. The van der Waals surface area contributed by atoms with Crippen LogP contribution in [0.25, 0.3) is 0 Å². The van der Waals surface area contributed by atoms with Crippen molar-refractivity contribution in [3.63, 3.8) is 0 Å². The quantitative estimate of drug-likeness (QED) is 0.650. The third-order valence-electron chi connectivity index (χ3n) is 3.51. The highest BCUT2D eigenvalue weighted by molar-refractivity contribution is 6.33. The van der Waals surface area contributed by atoms with Gasteiger partial charge in [0.2, 0.25) is 0 Å². The summed E-state index contributed by atoms with van der Waals surface area (Å²) >= 11 is 6.06. The molecule has 6 heteroatoms. The minimum absolute atomic E-state index is 0.00114. The summed E-state index contributed by atoms with van der Waals surface area (Å²) in [6, 6.07) is 4.46. The van der Waals surface area contributed by atoms with Gasteiger partial charge in [0, 0.05) is 24.2 Å². The Labute approximate surface area is 110 Å². The summed E-state index contributed by atoms with van der Waals surface area (Å²) in [6.45, 7) is 0.542. The average molecular weight is 270 g/mol. The predicted molar refractivity (Wildman–Crippen MR) is 72.0 cm³/mol. The molecular formula is C12H16ClN3O2. The van der Waals surface area contributed by atoms with Crippen molar-refractivity contribution in [2.24, 2.45) is 5.73 Å². The standard InChI is InChI=1S/C12H16ClN3O2/c13-10-7-9(16(17)18)3-4-11(10)15-12(8-14)5-1-2-6-12/h3-4,7,15H,1-2,5-6,8,14H2. The molecule has 0 amide bonds. The zero-order valence-corrected chi connectivity index (χ0v) is 10.7. The maximum absolute atomic E-state index is 10.6. The monoisotopic (exact) mass is 269 g/mol. The number of hydrogen-bond donors (Lipinski definition) is 2. The summed E-state index contributed by atoms with van der Waals surface area (Å²) in [4.78, 5) is 10.2. The zero-order valence-electron chi connectivity index (χ0n) is 9.99. The van der Waals surface area contributed by atoms with Crippen LogP contribution < -0.4 is 11.1 Å². The van der Waals surface area contributed by atoms with E-state index in [9.17, 15) is 10.1 Å². The molecule has 1 fully saturated rings. The SMILES string of the molecule is NCC1(Nc2ccc([N+](=O)[O-])cc2Cl)CCCC1. The van der Waals surface area contributed by atoms with Gasteiger partial charge in [-0.1, -0.05) is 24.4 Å². The number of nitrogens with two attached hydrogens (primary N) is 1. The normalized spacial score (nSPS) is 17.7. The first-order chi connectivity index (χ1) is 8.56. The van der Waals surface area contributed by atoms with Crippen LogP contribution >= 0.6 is 11.6 Å². The van der Waals surface area contributed by atoms with Crippen LogP contribution in [0.5, 0.6) is 0 Å². The smallest absolute Gasteiger partial charge is 0.271 e. The number of halogens is 1. The maximum Gasteiger partial charge on any atom is 0.271 e. The van der Waals surface area contributed by atoms with Crippen molar-refractivity contribution >= 4 is 23.0 Å². The summed E-state index contributed by atoms with van der Waals surface area (Å²) < 4.78 is 0. The zero-order chi connectivity index (χ0) is 13.2. The molecule has 5 nitrogen and oxygen atoms in total. The van der Waals surface area contributed by atoms with Crippen LogP contribution in [0.15, 0.2) is 18.2 Å². The summed E-state index contributed by atoms with van der Waals surface area (Å²) in [7, 11) is 0. The van der Waals surface area contributed by atoms with Gasteiger partial charge in [-0.3, -0.25) is 10.1 Å². The maximum atomic E-state index is 10.6. The van der Waals surface area contributed by atoms with Crippen LogP contribution in [-0.4, -0.2) is 17.0 Å². The second-order valence-corrected chi connectivity index (χ2v) is 5.15. The van der Waals surface area contributed by atoms with Crippen molar-refractivity contribution in [2.45, 2.75) is 31.2 Å². The van der Waals surface area contributed by atoms with Gasteiger partial charge in [0.15, 0.2) is 0 Å². The molecule has 3 N–H and O–H groups in total. The molecule has 18 heavy (non-hydrogen) atoms. The number of hydrogen-bond acceptors (Lipinski definition) is 4. The Hall–Kier alpha value is -1.33. The number of nitrogens with zero attached hydrogens (tertiary/aromatic N) is 1. The minimum Gasteiger partial charge on any atom is -0.377 e. The molecule has 1 aromatic rings. The molecule has 0 saturated heterocycles. The molecule has 0 spiro atoms. The number of benzene rings is 1. The number of anilines is 1. The van der Waals surface area contributed by atoms with Gasteiger partial charge in [-0.2, -0.15) is 0 Å². The van der Waals surface area contributed by atoms with E-state index < -0.39 is 4.92 Å². The number of nitro groups is 1. The number of rotatable bonds is 4. The van der Waals surface area contributed by atoms with Crippen molar-refractivity contribution in [2.75, 3.05) is 11.9 Å². The minimum atomic E-state index is -0.454. The highest BCUT2D eigenvalue weighted by atomic mass is 35.5. The van der Waals surface area contributed by atoms with Crippen molar-refractivity contribution in [1.82, 2.24) is 0 Å². The first kappa shape index (κ1) is 13.1. The molecule has 0 bridgehead atoms. The Kier molecular flexibility index (Phi) is 3.73. The van der Waals surface area contributed by atoms with E-state index in [2.05, 4.69) is 5.32 Å². The lowest BCUT2D eigenvalue weighted by Crippen LogP contribution is -2.42. The number of non-ortho nitro benzene ring substituents is 1. The molecule has 1 aliphatic carbocycles. The van der Waals surface area contributed by atoms with Crippen LogP contribution in [0.3, 0.4) is 0 Å². The summed E-state index contributed by atoms with van der Waals surface area (Å²) in [5.41, 5.74) is 6.44. The molecule has 0 unspecified atom stereocenters. The molecule has 0 heterocycles. The Morgan fingerprint density at radius 1 is 1.44 bits per heavy atom. The van der Waals surface area contributed by atoms with E-state index >= 15 is 0 Å². The van der Waals surface area contributed by atoms with E-state index in [1.54, 1.807) is 6.07 Å². The van der Waals surface area contributed by atoms with Gasteiger partial charge in [-0.05, 0) is 18.9 Å². The second kappa shape index (κ2) is 5.12. The highest BCUT2D eigenvalue weighted by Gasteiger charge is 2.32. The lowest BCUT2D eigenvalue weighted by Gasteiger charge is -2.30. The van der Waals surface area contributed by atoms with E-state index in [1.165, 1.54) is 12.1 Å². The van der Waals surface area contributed by atoms with Gasteiger partial charge in [-0.15, -0.1) is 0 Å². The van der Waals surface area contributed by atoms with Crippen LogP contribution in [-0.2, 0) is 0 Å². The molecule has 1 aliphatic rings. The van der Waals surface area contributed by atoms with E-state index in [0.29, 0.717) is 11.6 Å². The molecular weight excluding hydrogens is 254 g/mol. The van der Waals surface area contributed by atoms with E-state index in [4.69, 9.17) is 17.3 Å². The molecule has 0 aliphatic heterocycles. The van der Waals surface area contributed by atoms with Crippen molar-refractivity contribution in [3.05, 3.63) is 33.3 Å². The fourth-order valence-electron chi connectivity index (χ4n) is 2.44. The first-order valence-corrected chi connectivity index (χ1v) is 6.36. The van der Waals surface area contributed by atoms with Crippen LogP contribution in [0, 0.1) is 10.1 Å². The van der Waals surface area contributed by atoms with Gasteiger partial charge in [0.05, 0.1) is 15.6 Å².